The second kappa shape index (κ2) is 8.38. The van der Waals surface area contributed by atoms with Gasteiger partial charge in [-0.05, 0) is 36.8 Å². The molecule has 2 aromatic carbocycles. The van der Waals surface area contributed by atoms with E-state index >= 15 is 0 Å². The predicted octanol–water partition coefficient (Wildman–Crippen LogP) is 3.93. The highest BCUT2D eigenvalue weighted by atomic mass is 32.2. The average Bonchev–Trinajstić information content (AvgIpc) is 3.11. The zero-order chi connectivity index (χ0) is 18.5. The molecule has 3 rings (SSSR count). The smallest absolute Gasteiger partial charge is 0.358 e. The van der Waals surface area contributed by atoms with Crippen LogP contribution < -0.4 is 0 Å². The van der Waals surface area contributed by atoms with E-state index in [-0.39, 0.29) is 11.7 Å². The van der Waals surface area contributed by atoms with Crippen molar-refractivity contribution in [1.29, 1.82) is 0 Å². The molecule has 0 saturated carbocycles. The molecule has 0 bridgehead atoms. The summed E-state index contributed by atoms with van der Waals surface area (Å²) in [6.45, 7) is 3.81. The maximum Gasteiger partial charge on any atom is 0.358 e. The molecule has 1 N–H and O–H groups in total. The lowest BCUT2D eigenvalue weighted by Crippen LogP contribution is -2.22. The van der Waals surface area contributed by atoms with Gasteiger partial charge in [0.05, 0.1) is 25.1 Å². The summed E-state index contributed by atoms with van der Waals surface area (Å²) in [6.07, 6.45) is 2.63. The zero-order valence-corrected chi connectivity index (χ0v) is 15.6. The van der Waals surface area contributed by atoms with Crippen molar-refractivity contribution in [2.75, 3.05) is 12.4 Å². The number of aromatic nitrogens is 2. The van der Waals surface area contributed by atoms with Gasteiger partial charge < -0.3 is 14.4 Å². The van der Waals surface area contributed by atoms with Gasteiger partial charge in [0, 0.05) is 16.8 Å². The summed E-state index contributed by atoms with van der Waals surface area (Å²) in [6, 6.07) is 14.4. The third-order valence-corrected chi connectivity index (χ3v) is 5.26. The van der Waals surface area contributed by atoms with E-state index in [9.17, 15) is 9.90 Å². The van der Waals surface area contributed by atoms with Gasteiger partial charge >= 0.3 is 5.97 Å². The van der Waals surface area contributed by atoms with Crippen LogP contribution in [-0.4, -0.2) is 39.1 Å². The molecular formula is C20H22N2O3S. The van der Waals surface area contributed by atoms with E-state index in [1.807, 2.05) is 12.1 Å². The third kappa shape index (κ3) is 4.26. The van der Waals surface area contributed by atoms with Gasteiger partial charge in [-0.25, -0.2) is 9.78 Å². The molecule has 0 fully saturated rings. The maximum atomic E-state index is 11.8. The first-order valence-electron chi connectivity index (χ1n) is 8.58. The number of carbonyl (C=O) groups excluding carboxylic acids is 1. The third-order valence-electron chi connectivity index (χ3n) is 4.17. The van der Waals surface area contributed by atoms with Crippen LogP contribution in [0.15, 0.2) is 59.9 Å². The highest BCUT2D eigenvalue weighted by Gasteiger charge is 2.20. The van der Waals surface area contributed by atoms with E-state index < -0.39 is 12.1 Å². The van der Waals surface area contributed by atoms with Crippen molar-refractivity contribution in [3.8, 4) is 0 Å². The number of aliphatic hydroxyl groups is 1. The number of aliphatic hydroxyl groups excluding tert-OH is 1. The fourth-order valence-corrected chi connectivity index (χ4v) is 3.93. The molecule has 0 spiro atoms. The summed E-state index contributed by atoms with van der Waals surface area (Å²) in [5, 5.41) is 12.6. The topological polar surface area (TPSA) is 64.3 Å². The molecule has 0 aliphatic rings. The molecule has 5 nitrogen and oxygen atoms in total. The van der Waals surface area contributed by atoms with E-state index in [1.165, 1.54) is 10.8 Å². The van der Waals surface area contributed by atoms with Crippen molar-refractivity contribution in [1.82, 2.24) is 9.55 Å². The first kappa shape index (κ1) is 18.5. The van der Waals surface area contributed by atoms with Gasteiger partial charge in [0.15, 0.2) is 5.69 Å². The number of fused-ring (bicyclic) bond motifs is 1. The molecule has 136 valence electrons. The number of rotatable bonds is 7. The van der Waals surface area contributed by atoms with Crippen molar-refractivity contribution < 1.29 is 14.6 Å². The minimum absolute atomic E-state index is 0.192. The summed E-state index contributed by atoms with van der Waals surface area (Å²) >= 11 is 1.67. The Hall–Kier alpha value is -2.31. The molecule has 1 aromatic heterocycles. The molecule has 6 heteroatoms. The molecule has 0 unspecified atom stereocenters. The van der Waals surface area contributed by atoms with E-state index in [0.717, 1.165) is 4.90 Å². The molecule has 0 aliphatic heterocycles. The van der Waals surface area contributed by atoms with Crippen LogP contribution in [0.1, 0.15) is 30.4 Å². The van der Waals surface area contributed by atoms with Crippen LogP contribution in [0.5, 0.6) is 0 Å². The monoisotopic (exact) mass is 370 g/mol. The second-order valence-electron chi connectivity index (χ2n) is 6.05. The van der Waals surface area contributed by atoms with Crippen LogP contribution in [0.4, 0.5) is 0 Å². The molecule has 1 heterocycles. The standard InChI is InChI=1S/C20H22N2O3S/c1-3-25-20(24)18-11-22(13-21-18)19(14(2)23)12-26-17-9-8-15-6-4-5-7-16(15)10-17/h4-11,13-14,19,23H,3,12H2,1-2H3/t14-,19-/m0/s1. The van der Waals surface area contributed by atoms with E-state index in [0.29, 0.717) is 12.4 Å². The largest absolute Gasteiger partial charge is 0.461 e. The zero-order valence-electron chi connectivity index (χ0n) is 14.8. The number of thioether (sulfide) groups is 1. The summed E-state index contributed by atoms with van der Waals surface area (Å²) in [7, 11) is 0. The summed E-state index contributed by atoms with van der Waals surface area (Å²) in [5.74, 6) is 0.215. The van der Waals surface area contributed by atoms with Gasteiger partial charge in [0.25, 0.3) is 0 Å². The summed E-state index contributed by atoms with van der Waals surface area (Å²) in [4.78, 5) is 17.0. The Bertz CT molecular complexity index is 891. The molecule has 0 radical (unpaired) electrons. The van der Waals surface area contributed by atoms with Crippen LogP contribution in [0, 0.1) is 0 Å². The Balaban J connectivity index is 1.73. The number of esters is 1. The van der Waals surface area contributed by atoms with Crippen molar-refractivity contribution in [2.45, 2.75) is 30.9 Å². The number of nitrogens with zero attached hydrogens (tertiary/aromatic N) is 2. The van der Waals surface area contributed by atoms with Gasteiger partial charge in [-0.1, -0.05) is 30.3 Å². The van der Waals surface area contributed by atoms with Gasteiger partial charge in [-0.15, -0.1) is 11.8 Å². The lowest BCUT2D eigenvalue weighted by Gasteiger charge is -2.21. The number of hydrogen-bond acceptors (Lipinski definition) is 5. The Kier molecular flexibility index (Phi) is 5.96. The van der Waals surface area contributed by atoms with E-state index in [4.69, 9.17) is 4.74 Å². The number of carbonyl (C=O) groups is 1. The van der Waals surface area contributed by atoms with Crippen molar-refractivity contribution in [3.05, 3.63) is 60.7 Å². The fraction of sp³-hybridized carbons (Fsp3) is 0.300. The average molecular weight is 370 g/mol. The van der Waals surface area contributed by atoms with Crippen molar-refractivity contribution in [2.24, 2.45) is 0 Å². The van der Waals surface area contributed by atoms with E-state index in [2.05, 4.69) is 35.3 Å². The molecule has 0 amide bonds. The Labute approximate surface area is 157 Å². The van der Waals surface area contributed by atoms with Crippen LogP contribution in [-0.2, 0) is 4.74 Å². The second-order valence-corrected chi connectivity index (χ2v) is 7.15. The molecule has 26 heavy (non-hydrogen) atoms. The van der Waals surface area contributed by atoms with Crippen LogP contribution in [0.25, 0.3) is 10.8 Å². The van der Waals surface area contributed by atoms with Gasteiger partial charge in [-0.3, -0.25) is 0 Å². The summed E-state index contributed by atoms with van der Waals surface area (Å²) in [5.41, 5.74) is 0.258. The van der Waals surface area contributed by atoms with Gasteiger partial charge in [0.2, 0.25) is 0 Å². The fourth-order valence-electron chi connectivity index (χ4n) is 2.74. The number of ether oxygens (including phenoxy) is 1. The minimum atomic E-state index is -0.577. The molecule has 0 saturated heterocycles. The normalized spacial score (nSPS) is 13.5. The first-order chi connectivity index (χ1) is 12.6. The van der Waals surface area contributed by atoms with Crippen molar-refractivity contribution >= 4 is 28.5 Å². The molecule has 0 aliphatic carbocycles. The molecular weight excluding hydrogens is 348 g/mol. The lowest BCUT2D eigenvalue weighted by atomic mass is 10.1. The number of benzene rings is 2. The SMILES string of the molecule is CCOC(=O)c1cn([C@@H](CSc2ccc3ccccc3c2)[C@H](C)O)cn1. The van der Waals surface area contributed by atoms with Crippen LogP contribution in [0.2, 0.25) is 0 Å². The lowest BCUT2D eigenvalue weighted by molar-refractivity contribution is 0.0519. The van der Waals surface area contributed by atoms with Crippen molar-refractivity contribution in [3.63, 3.8) is 0 Å². The van der Waals surface area contributed by atoms with Crippen LogP contribution >= 0.6 is 11.8 Å². The first-order valence-corrected chi connectivity index (χ1v) is 9.57. The Morgan fingerprint density at radius 2 is 2.04 bits per heavy atom. The highest BCUT2D eigenvalue weighted by Crippen LogP contribution is 2.28. The molecule has 2 atom stereocenters. The predicted molar refractivity (Wildman–Crippen MR) is 104 cm³/mol. The maximum absolute atomic E-state index is 11.8. The van der Waals surface area contributed by atoms with Gasteiger partial charge in [-0.2, -0.15) is 0 Å². The van der Waals surface area contributed by atoms with Gasteiger partial charge in [0.1, 0.15) is 0 Å². The summed E-state index contributed by atoms with van der Waals surface area (Å²) < 4.78 is 6.75. The molecule has 3 aromatic rings. The van der Waals surface area contributed by atoms with E-state index in [1.54, 1.807) is 42.7 Å². The highest BCUT2D eigenvalue weighted by molar-refractivity contribution is 7.99. The van der Waals surface area contributed by atoms with Crippen LogP contribution in [0.3, 0.4) is 0 Å². The number of hydrogen-bond donors (Lipinski definition) is 1. The minimum Gasteiger partial charge on any atom is -0.461 e. The quantitative estimate of drug-likeness (QED) is 0.504. The number of imidazole rings is 1. The Morgan fingerprint density at radius 1 is 1.27 bits per heavy atom. The Morgan fingerprint density at radius 3 is 2.77 bits per heavy atom.